The van der Waals surface area contributed by atoms with E-state index in [2.05, 4.69) is 5.32 Å². The van der Waals surface area contributed by atoms with Gasteiger partial charge in [0.25, 0.3) is 5.91 Å². The number of benzene rings is 2. The van der Waals surface area contributed by atoms with Gasteiger partial charge in [-0.05, 0) is 42.2 Å². The Morgan fingerprint density at radius 1 is 1.06 bits per heavy atom. The van der Waals surface area contributed by atoms with Crippen LogP contribution in [-0.2, 0) is 17.9 Å². The zero-order valence-electron chi connectivity index (χ0n) is 18.3. The highest BCUT2D eigenvalue weighted by Crippen LogP contribution is 2.26. The molecule has 1 amide bonds. The smallest absolute Gasteiger partial charge is 0.253 e. The SMILES string of the molecule is C[C@@H](CC(=O)c1cc(C(=O)N[C@H](C)c2ccccc2)c2n1CCOC2)c1ccc(F)cc1. The van der Waals surface area contributed by atoms with E-state index in [1.165, 1.54) is 12.1 Å². The number of Topliss-reactive ketones (excluding diaryl/α,β-unsaturated/α-hetero) is 1. The van der Waals surface area contributed by atoms with E-state index in [0.717, 1.165) is 16.8 Å². The van der Waals surface area contributed by atoms with Gasteiger partial charge in [0.15, 0.2) is 5.78 Å². The number of hydrogen-bond acceptors (Lipinski definition) is 3. The summed E-state index contributed by atoms with van der Waals surface area (Å²) in [7, 11) is 0. The van der Waals surface area contributed by atoms with E-state index in [1.54, 1.807) is 18.2 Å². The summed E-state index contributed by atoms with van der Waals surface area (Å²) >= 11 is 0. The molecule has 0 spiro atoms. The van der Waals surface area contributed by atoms with E-state index >= 15 is 0 Å². The maximum atomic E-state index is 13.2. The van der Waals surface area contributed by atoms with Gasteiger partial charge in [-0.25, -0.2) is 4.39 Å². The van der Waals surface area contributed by atoms with Crippen molar-refractivity contribution in [3.8, 4) is 0 Å². The molecule has 1 aliphatic heterocycles. The molecule has 0 unspecified atom stereocenters. The summed E-state index contributed by atoms with van der Waals surface area (Å²) < 4.78 is 20.7. The Morgan fingerprint density at radius 2 is 1.78 bits per heavy atom. The van der Waals surface area contributed by atoms with Gasteiger partial charge >= 0.3 is 0 Å². The summed E-state index contributed by atoms with van der Waals surface area (Å²) in [6.07, 6.45) is 0.275. The second-order valence-electron chi connectivity index (χ2n) is 8.28. The standard InChI is InChI=1S/C26H27FN2O3/c1-17(19-8-10-21(27)11-9-19)14-25(30)23-15-22(24-16-32-13-12-29(23)24)26(31)28-18(2)20-6-4-3-5-7-20/h3-11,15,17-18H,12-14,16H2,1-2H3,(H,28,31)/t17-,18+/m0/s1. The predicted molar refractivity (Wildman–Crippen MR) is 120 cm³/mol. The van der Waals surface area contributed by atoms with Crippen LogP contribution < -0.4 is 5.32 Å². The first-order valence-corrected chi connectivity index (χ1v) is 10.9. The number of carbonyl (C=O) groups is 2. The topological polar surface area (TPSA) is 60.3 Å². The second-order valence-corrected chi connectivity index (χ2v) is 8.28. The fraction of sp³-hybridized carbons (Fsp3) is 0.308. The molecule has 0 saturated heterocycles. The highest BCUT2D eigenvalue weighted by atomic mass is 19.1. The van der Waals surface area contributed by atoms with Crippen LogP contribution in [0, 0.1) is 5.82 Å². The summed E-state index contributed by atoms with van der Waals surface area (Å²) in [5.41, 5.74) is 3.64. The predicted octanol–water partition coefficient (Wildman–Crippen LogP) is 5.02. The molecule has 1 N–H and O–H groups in total. The van der Waals surface area contributed by atoms with Crippen molar-refractivity contribution in [1.82, 2.24) is 9.88 Å². The molecular weight excluding hydrogens is 407 g/mol. The average Bonchev–Trinajstić information content (AvgIpc) is 3.20. The third kappa shape index (κ3) is 4.65. The van der Waals surface area contributed by atoms with E-state index in [1.807, 2.05) is 48.7 Å². The van der Waals surface area contributed by atoms with Crippen LogP contribution in [0.3, 0.4) is 0 Å². The zero-order chi connectivity index (χ0) is 22.7. The van der Waals surface area contributed by atoms with E-state index in [9.17, 15) is 14.0 Å². The average molecular weight is 435 g/mol. The number of hydrogen-bond donors (Lipinski definition) is 1. The largest absolute Gasteiger partial charge is 0.373 e. The van der Waals surface area contributed by atoms with Crippen LogP contribution in [0.2, 0.25) is 0 Å². The molecular formula is C26H27FN2O3. The molecule has 4 rings (SSSR count). The van der Waals surface area contributed by atoms with Crippen molar-refractivity contribution in [1.29, 1.82) is 0 Å². The maximum absolute atomic E-state index is 13.2. The van der Waals surface area contributed by atoms with Gasteiger partial charge in [-0.1, -0.05) is 49.4 Å². The van der Waals surface area contributed by atoms with E-state index in [0.29, 0.717) is 31.0 Å². The molecule has 2 atom stereocenters. The van der Waals surface area contributed by atoms with Crippen LogP contribution in [0.1, 0.15) is 69.9 Å². The van der Waals surface area contributed by atoms with Gasteiger partial charge in [-0.3, -0.25) is 9.59 Å². The first-order valence-electron chi connectivity index (χ1n) is 10.9. The molecule has 32 heavy (non-hydrogen) atoms. The minimum atomic E-state index is -0.298. The molecule has 1 aliphatic rings. The Morgan fingerprint density at radius 3 is 2.50 bits per heavy atom. The number of aromatic nitrogens is 1. The van der Waals surface area contributed by atoms with Crippen molar-refractivity contribution < 1.29 is 18.7 Å². The minimum Gasteiger partial charge on any atom is -0.373 e. The number of ether oxygens (including phenoxy) is 1. The fourth-order valence-corrected chi connectivity index (χ4v) is 4.14. The highest BCUT2D eigenvalue weighted by Gasteiger charge is 2.27. The van der Waals surface area contributed by atoms with Crippen molar-refractivity contribution >= 4 is 11.7 Å². The summed E-state index contributed by atoms with van der Waals surface area (Å²) in [6.45, 7) is 5.20. The van der Waals surface area contributed by atoms with Crippen molar-refractivity contribution in [2.45, 2.75) is 45.4 Å². The Hall–Kier alpha value is -3.25. The first kappa shape index (κ1) is 22.0. The number of fused-ring (bicyclic) bond motifs is 1. The van der Waals surface area contributed by atoms with Gasteiger partial charge in [0.2, 0.25) is 0 Å². The lowest BCUT2D eigenvalue weighted by atomic mass is 9.94. The van der Waals surface area contributed by atoms with Gasteiger partial charge in [0, 0.05) is 13.0 Å². The Kier molecular flexibility index (Phi) is 6.51. The van der Waals surface area contributed by atoms with Gasteiger partial charge < -0.3 is 14.6 Å². The first-order chi connectivity index (χ1) is 15.4. The molecule has 1 aromatic heterocycles. The van der Waals surface area contributed by atoms with Crippen LogP contribution in [0.5, 0.6) is 0 Å². The highest BCUT2D eigenvalue weighted by molar-refractivity contribution is 6.01. The van der Waals surface area contributed by atoms with E-state index < -0.39 is 0 Å². The van der Waals surface area contributed by atoms with E-state index in [4.69, 9.17) is 4.74 Å². The third-order valence-corrected chi connectivity index (χ3v) is 6.01. The molecule has 0 bridgehead atoms. The zero-order valence-corrected chi connectivity index (χ0v) is 18.3. The second kappa shape index (κ2) is 9.49. The number of ketones is 1. The number of nitrogens with zero attached hydrogens (tertiary/aromatic N) is 1. The van der Waals surface area contributed by atoms with Crippen molar-refractivity contribution in [2.24, 2.45) is 0 Å². The number of nitrogens with one attached hydrogen (secondary N) is 1. The van der Waals surface area contributed by atoms with Crippen LogP contribution in [0.25, 0.3) is 0 Å². The van der Waals surface area contributed by atoms with Crippen molar-refractivity contribution in [3.05, 3.63) is 94.6 Å². The van der Waals surface area contributed by atoms with Crippen LogP contribution in [0.15, 0.2) is 60.7 Å². The number of carbonyl (C=O) groups excluding carboxylic acids is 2. The molecule has 6 heteroatoms. The van der Waals surface area contributed by atoms with Gasteiger partial charge in [0.1, 0.15) is 5.82 Å². The van der Waals surface area contributed by atoms with Crippen LogP contribution in [-0.4, -0.2) is 22.9 Å². The van der Waals surface area contributed by atoms with Crippen molar-refractivity contribution in [2.75, 3.05) is 6.61 Å². The summed E-state index contributed by atoms with van der Waals surface area (Å²) in [4.78, 5) is 26.3. The lowest BCUT2D eigenvalue weighted by Crippen LogP contribution is -2.28. The Labute approximate surface area is 187 Å². The molecule has 0 aliphatic carbocycles. The number of halogens is 1. The normalized spacial score (nSPS) is 15.0. The Balaban J connectivity index is 1.55. The monoisotopic (exact) mass is 434 g/mol. The lowest BCUT2D eigenvalue weighted by molar-refractivity contribution is 0.0781. The number of rotatable bonds is 7. The molecule has 3 aromatic rings. The van der Waals surface area contributed by atoms with Gasteiger partial charge in [-0.15, -0.1) is 0 Å². The summed E-state index contributed by atoms with van der Waals surface area (Å²) in [6, 6.07) is 17.5. The van der Waals surface area contributed by atoms with Gasteiger partial charge in [-0.2, -0.15) is 0 Å². The fourth-order valence-electron chi connectivity index (χ4n) is 4.14. The van der Waals surface area contributed by atoms with Crippen molar-refractivity contribution in [3.63, 3.8) is 0 Å². The van der Waals surface area contributed by atoms with E-state index in [-0.39, 0.29) is 35.9 Å². The summed E-state index contributed by atoms with van der Waals surface area (Å²) in [5, 5.41) is 3.03. The third-order valence-electron chi connectivity index (χ3n) is 6.01. The van der Waals surface area contributed by atoms with Crippen LogP contribution >= 0.6 is 0 Å². The lowest BCUT2D eigenvalue weighted by Gasteiger charge is -2.20. The maximum Gasteiger partial charge on any atom is 0.253 e. The Bertz CT molecular complexity index is 1110. The van der Waals surface area contributed by atoms with Gasteiger partial charge in [0.05, 0.1) is 36.2 Å². The molecule has 2 aromatic carbocycles. The molecule has 0 saturated carbocycles. The quantitative estimate of drug-likeness (QED) is 0.531. The summed E-state index contributed by atoms with van der Waals surface area (Å²) in [5.74, 6) is -0.626. The molecule has 0 fully saturated rings. The molecule has 2 heterocycles. The molecule has 5 nitrogen and oxygen atoms in total. The molecule has 0 radical (unpaired) electrons. The minimum absolute atomic E-state index is 0.0415. The molecule has 166 valence electrons. The number of amides is 1. The van der Waals surface area contributed by atoms with Crippen LogP contribution in [0.4, 0.5) is 4.39 Å².